The number of carbonyl (C=O) groups excluding carboxylic acids is 1. The van der Waals surface area contributed by atoms with Crippen LogP contribution in [0.3, 0.4) is 0 Å². The zero-order valence-electron chi connectivity index (χ0n) is 11.2. The van der Waals surface area contributed by atoms with Gasteiger partial charge in [-0.05, 0) is 36.8 Å². The van der Waals surface area contributed by atoms with Crippen LogP contribution < -0.4 is 21.3 Å². The third-order valence-electron chi connectivity index (χ3n) is 2.68. The minimum atomic E-state index is -0.607. The van der Waals surface area contributed by atoms with Gasteiger partial charge in [0, 0.05) is 6.54 Å². The largest absolute Gasteiger partial charge is 0.457 e. The van der Waals surface area contributed by atoms with Crippen LogP contribution >= 0.6 is 0 Å². The summed E-state index contributed by atoms with van der Waals surface area (Å²) in [5.74, 6) is 1.57. The molecule has 0 aliphatic carbocycles. The third kappa shape index (κ3) is 4.29. The molecule has 0 radical (unpaired) electrons. The van der Waals surface area contributed by atoms with E-state index in [2.05, 4.69) is 10.9 Å². The van der Waals surface area contributed by atoms with Crippen LogP contribution in [0.5, 0.6) is 11.5 Å². The molecule has 0 saturated carbocycles. The van der Waals surface area contributed by atoms with E-state index in [-0.39, 0.29) is 0 Å². The first-order chi connectivity index (χ1) is 9.63. The van der Waals surface area contributed by atoms with E-state index in [1.165, 1.54) is 5.56 Å². The van der Waals surface area contributed by atoms with Crippen molar-refractivity contribution in [3.8, 4) is 11.5 Å². The molecule has 2 aromatic rings. The van der Waals surface area contributed by atoms with Crippen molar-refractivity contribution < 1.29 is 9.53 Å². The smallest absolute Gasteiger partial charge is 0.326 e. The maximum absolute atomic E-state index is 10.5. The van der Waals surface area contributed by atoms with E-state index < -0.39 is 6.03 Å². The number of urea groups is 1. The Morgan fingerprint density at radius 3 is 2.15 bits per heavy atom. The minimum absolute atomic E-state index is 0.494. The molecule has 0 heterocycles. The lowest BCUT2D eigenvalue weighted by molar-refractivity contribution is 0.244. The fourth-order valence-corrected chi connectivity index (χ4v) is 1.65. The Labute approximate surface area is 117 Å². The SMILES string of the molecule is Cc1ccc(Oc2ccc(CNNC(N)=O)cc2)cc1. The van der Waals surface area contributed by atoms with E-state index in [1.807, 2.05) is 55.5 Å². The zero-order chi connectivity index (χ0) is 14.4. The fraction of sp³-hybridized carbons (Fsp3) is 0.133. The van der Waals surface area contributed by atoms with E-state index in [1.54, 1.807) is 0 Å². The Bertz CT molecular complexity index is 565. The molecule has 0 aliphatic heterocycles. The highest BCUT2D eigenvalue weighted by Gasteiger charge is 1.98. The standard InChI is InChI=1S/C15H17N3O2/c1-11-2-6-13(7-3-11)20-14-8-4-12(5-9-14)10-17-18-15(16)19/h2-9,17H,10H2,1H3,(H3,16,18,19). The second kappa shape index (κ2) is 6.58. The van der Waals surface area contributed by atoms with Crippen LogP contribution in [0.15, 0.2) is 48.5 Å². The molecule has 0 saturated heterocycles. The summed E-state index contributed by atoms with van der Waals surface area (Å²) in [7, 11) is 0. The number of nitrogens with two attached hydrogens (primary N) is 1. The molecular formula is C15H17N3O2. The second-order valence-corrected chi connectivity index (χ2v) is 4.40. The number of hydrogen-bond acceptors (Lipinski definition) is 3. The van der Waals surface area contributed by atoms with E-state index in [4.69, 9.17) is 10.5 Å². The topological polar surface area (TPSA) is 76.4 Å². The van der Waals surface area contributed by atoms with Crippen molar-refractivity contribution in [3.05, 3.63) is 59.7 Å². The quantitative estimate of drug-likeness (QED) is 0.731. The molecule has 0 unspecified atom stereocenters. The van der Waals surface area contributed by atoms with Crippen molar-refractivity contribution in [1.29, 1.82) is 0 Å². The first-order valence-electron chi connectivity index (χ1n) is 6.25. The van der Waals surface area contributed by atoms with Gasteiger partial charge in [-0.15, -0.1) is 0 Å². The van der Waals surface area contributed by atoms with E-state index >= 15 is 0 Å². The van der Waals surface area contributed by atoms with Crippen molar-refractivity contribution in [2.45, 2.75) is 13.5 Å². The molecule has 0 spiro atoms. The van der Waals surface area contributed by atoms with Crippen molar-refractivity contribution in [1.82, 2.24) is 10.9 Å². The highest BCUT2D eigenvalue weighted by Crippen LogP contribution is 2.21. The lowest BCUT2D eigenvalue weighted by Gasteiger charge is -2.08. The van der Waals surface area contributed by atoms with E-state index in [0.29, 0.717) is 6.54 Å². The van der Waals surface area contributed by atoms with Gasteiger partial charge in [0.1, 0.15) is 11.5 Å². The Balaban J connectivity index is 1.91. The van der Waals surface area contributed by atoms with E-state index in [0.717, 1.165) is 17.1 Å². The summed E-state index contributed by atoms with van der Waals surface area (Å²) in [4.78, 5) is 10.5. The summed E-state index contributed by atoms with van der Waals surface area (Å²) in [6.07, 6.45) is 0. The van der Waals surface area contributed by atoms with Gasteiger partial charge in [0.05, 0.1) is 0 Å². The number of hydrogen-bond donors (Lipinski definition) is 3. The molecule has 0 aromatic heterocycles. The summed E-state index contributed by atoms with van der Waals surface area (Å²) in [5, 5.41) is 0. The highest BCUT2D eigenvalue weighted by molar-refractivity contribution is 5.70. The fourth-order valence-electron chi connectivity index (χ4n) is 1.65. The molecule has 0 bridgehead atoms. The number of nitrogens with one attached hydrogen (secondary N) is 2. The summed E-state index contributed by atoms with van der Waals surface area (Å²) in [6.45, 7) is 2.53. The molecule has 5 heteroatoms. The molecule has 0 atom stereocenters. The molecule has 2 rings (SSSR count). The molecular weight excluding hydrogens is 254 g/mol. The molecule has 20 heavy (non-hydrogen) atoms. The van der Waals surface area contributed by atoms with Gasteiger partial charge in [0.25, 0.3) is 0 Å². The predicted octanol–water partition coefficient (Wildman–Crippen LogP) is 2.46. The second-order valence-electron chi connectivity index (χ2n) is 4.40. The average molecular weight is 271 g/mol. The molecule has 0 fully saturated rings. The number of carbonyl (C=O) groups is 1. The number of ether oxygens (including phenoxy) is 1. The lowest BCUT2D eigenvalue weighted by atomic mass is 10.2. The number of aryl methyl sites for hydroxylation is 1. The van der Waals surface area contributed by atoms with Crippen LogP contribution in [-0.4, -0.2) is 6.03 Å². The van der Waals surface area contributed by atoms with Gasteiger partial charge in [-0.3, -0.25) is 5.43 Å². The minimum Gasteiger partial charge on any atom is -0.457 e. The number of primary amides is 1. The van der Waals surface area contributed by atoms with Gasteiger partial charge in [-0.25, -0.2) is 10.2 Å². The summed E-state index contributed by atoms with van der Waals surface area (Å²) >= 11 is 0. The average Bonchev–Trinajstić information content (AvgIpc) is 2.43. The number of benzene rings is 2. The van der Waals surface area contributed by atoms with Gasteiger partial charge in [0.15, 0.2) is 0 Å². The molecule has 2 amide bonds. The highest BCUT2D eigenvalue weighted by atomic mass is 16.5. The first kappa shape index (κ1) is 13.9. The Hall–Kier alpha value is -2.53. The van der Waals surface area contributed by atoms with Gasteiger partial charge in [-0.1, -0.05) is 29.8 Å². The van der Waals surface area contributed by atoms with Crippen molar-refractivity contribution >= 4 is 6.03 Å². The normalized spacial score (nSPS) is 10.1. The van der Waals surface area contributed by atoms with Crippen LogP contribution in [0.2, 0.25) is 0 Å². The molecule has 0 aliphatic rings. The van der Waals surface area contributed by atoms with Crippen LogP contribution in [0.1, 0.15) is 11.1 Å². The summed E-state index contributed by atoms with van der Waals surface area (Å²) in [6, 6.07) is 14.8. The van der Waals surface area contributed by atoms with Crippen LogP contribution in [0, 0.1) is 6.92 Å². The Kier molecular flexibility index (Phi) is 4.57. The molecule has 4 N–H and O–H groups in total. The van der Waals surface area contributed by atoms with E-state index in [9.17, 15) is 4.79 Å². The summed E-state index contributed by atoms with van der Waals surface area (Å²) < 4.78 is 5.72. The van der Waals surface area contributed by atoms with Gasteiger partial charge >= 0.3 is 6.03 Å². The van der Waals surface area contributed by atoms with Crippen LogP contribution in [0.4, 0.5) is 4.79 Å². The maximum Gasteiger partial charge on any atom is 0.326 e. The lowest BCUT2D eigenvalue weighted by Crippen LogP contribution is -2.40. The molecule has 104 valence electrons. The Morgan fingerprint density at radius 1 is 1.05 bits per heavy atom. The number of rotatable bonds is 5. The van der Waals surface area contributed by atoms with Crippen molar-refractivity contribution in [3.63, 3.8) is 0 Å². The van der Waals surface area contributed by atoms with Crippen molar-refractivity contribution in [2.24, 2.45) is 5.73 Å². The number of amides is 2. The predicted molar refractivity (Wildman–Crippen MR) is 77.3 cm³/mol. The van der Waals surface area contributed by atoms with Crippen LogP contribution in [-0.2, 0) is 6.54 Å². The monoisotopic (exact) mass is 271 g/mol. The number of hydrazine groups is 1. The first-order valence-corrected chi connectivity index (χ1v) is 6.25. The van der Waals surface area contributed by atoms with Gasteiger partial charge in [-0.2, -0.15) is 0 Å². The van der Waals surface area contributed by atoms with Gasteiger partial charge in [0.2, 0.25) is 0 Å². The zero-order valence-corrected chi connectivity index (χ0v) is 11.2. The molecule has 5 nitrogen and oxygen atoms in total. The Morgan fingerprint density at radius 2 is 1.60 bits per heavy atom. The summed E-state index contributed by atoms with van der Waals surface area (Å²) in [5.41, 5.74) is 12.2. The maximum atomic E-state index is 10.5. The van der Waals surface area contributed by atoms with Crippen molar-refractivity contribution in [2.75, 3.05) is 0 Å². The van der Waals surface area contributed by atoms with Crippen LogP contribution in [0.25, 0.3) is 0 Å². The molecule has 2 aromatic carbocycles. The van der Waals surface area contributed by atoms with Gasteiger partial charge < -0.3 is 10.5 Å². The third-order valence-corrected chi connectivity index (χ3v) is 2.68.